The van der Waals surface area contributed by atoms with Gasteiger partial charge in [0.2, 0.25) is 0 Å². The summed E-state index contributed by atoms with van der Waals surface area (Å²) in [6, 6.07) is 53.4. The third-order valence-electron chi connectivity index (χ3n) is 11.1. The van der Waals surface area contributed by atoms with Crippen LogP contribution in [0, 0.1) is 6.92 Å². The van der Waals surface area contributed by atoms with Crippen LogP contribution in [0.3, 0.4) is 0 Å². The molecule has 4 nitrogen and oxygen atoms in total. The number of aromatic nitrogens is 3. The summed E-state index contributed by atoms with van der Waals surface area (Å²) in [5, 5.41) is 0. The van der Waals surface area contributed by atoms with Gasteiger partial charge in [0.05, 0.1) is 11.5 Å². The molecule has 4 heteroatoms. The van der Waals surface area contributed by atoms with Gasteiger partial charge in [0.1, 0.15) is 11.5 Å². The van der Waals surface area contributed by atoms with Gasteiger partial charge in [0, 0.05) is 22.6 Å². The summed E-state index contributed by atoms with van der Waals surface area (Å²) in [5.74, 6) is 3.92. The molecule has 2 aliphatic carbocycles. The van der Waals surface area contributed by atoms with E-state index in [0.29, 0.717) is 17.5 Å². The summed E-state index contributed by atoms with van der Waals surface area (Å²) in [6.07, 6.45) is 1.96. The Bertz CT molecular complexity index is 2600. The zero-order chi connectivity index (χ0) is 37.5. The van der Waals surface area contributed by atoms with Crippen LogP contribution < -0.4 is 4.74 Å². The third-order valence-corrected chi connectivity index (χ3v) is 11.1. The molecule has 0 radical (unpaired) electrons. The Hall–Kier alpha value is -6.39. The summed E-state index contributed by atoms with van der Waals surface area (Å²) in [4.78, 5) is 15.9. The summed E-state index contributed by atoms with van der Waals surface area (Å²) in [5.41, 5.74) is 15.3. The minimum Gasteiger partial charge on any atom is -0.460 e. The zero-order valence-corrected chi connectivity index (χ0v) is 31.8. The van der Waals surface area contributed by atoms with E-state index in [4.69, 9.17) is 19.7 Å². The van der Waals surface area contributed by atoms with Crippen LogP contribution in [0.2, 0.25) is 0 Å². The highest BCUT2D eigenvalue weighted by atomic mass is 16.5. The lowest BCUT2D eigenvalue weighted by Crippen LogP contribution is -2.25. The number of ether oxygens (including phenoxy) is 1. The highest BCUT2D eigenvalue weighted by Gasteiger charge is 2.50. The molecule has 0 spiro atoms. The van der Waals surface area contributed by atoms with Gasteiger partial charge >= 0.3 is 0 Å². The van der Waals surface area contributed by atoms with Crippen molar-refractivity contribution >= 4 is 11.1 Å². The highest BCUT2D eigenvalue weighted by Crippen LogP contribution is 2.65. The number of nitrogens with zero attached hydrogens (tertiary/aromatic N) is 3. The van der Waals surface area contributed by atoms with E-state index in [1.165, 1.54) is 50.1 Å². The van der Waals surface area contributed by atoms with Crippen molar-refractivity contribution in [2.75, 3.05) is 0 Å². The van der Waals surface area contributed by atoms with Crippen LogP contribution in [0.5, 0.6) is 5.75 Å². The molecular formula is C51H43N3O. The van der Waals surface area contributed by atoms with Crippen LogP contribution in [0.15, 0.2) is 163 Å². The van der Waals surface area contributed by atoms with Crippen molar-refractivity contribution in [3.05, 3.63) is 191 Å². The Morgan fingerprint density at radius 3 is 1.73 bits per heavy atom. The smallest absolute Gasteiger partial charge is 0.168 e. The van der Waals surface area contributed by atoms with Crippen molar-refractivity contribution in [1.29, 1.82) is 0 Å². The molecule has 0 saturated heterocycles. The zero-order valence-electron chi connectivity index (χ0n) is 31.8. The molecule has 55 heavy (non-hydrogen) atoms. The number of allylic oxidation sites excluding steroid dienone is 4. The second-order valence-electron chi connectivity index (χ2n) is 14.2. The fourth-order valence-corrected chi connectivity index (χ4v) is 8.76. The van der Waals surface area contributed by atoms with Gasteiger partial charge in [-0.1, -0.05) is 178 Å². The third kappa shape index (κ3) is 5.81. The first-order valence-electron chi connectivity index (χ1n) is 19.6. The Labute approximate surface area is 324 Å². The van der Waals surface area contributed by atoms with Crippen molar-refractivity contribution in [1.82, 2.24) is 15.0 Å². The van der Waals surface area contributed by atoms with Gasteiger partial charge in [-0.15, -0.1) is 0 Å². The second kappa shape index (κ2) is 14.4. The first-order chi connectivity index (χ1) is 27.2. The Balaban J connectivity index is 0.00000195. The topological polar surface area (TPSA) is 47.9 Å². The predicted molar refractivity (Wildman–Crippen MR) is 225 cm³/mol. The molecule has 0 saturated carbocycles. The summed E-state index contributed by atoms with van der Waals surface area (Å²) in [6.45, 7) is 8.49. The quantitative estimate of drug-likeness (QED) is 0.165. The summed E-state index contributed by atoms with van der Waals surface area (Å²) in [7, 11) is 0. The Morgan fingerprint density at radius 2 is 1.04 bits per heavy atom. The minimum absolute atomic E-state index is 0.0194. The van der Waals surface area contributed by atoms with Crippen LogP contribution in [-0.2, 0) is 0 Å². The van der Waals surface area contributed by atoms with Crippen LogP contribution in [-0.4, -0.2) is 15.0 Å². The molecule has 7 aromatic rings. The molecule has 0 amide bonds. The molecule has 1 aliphatic heterocycles. The highest BCUT2D eigenvalue weighted by molar-refractivity contribution is 6.09. The molecule has 2 atom stereocenters. The van der Waals surface area contributed by atoms with Crippen molar-refractivity contribution in [2.24, 2.45) is 0 Å². The molecule has 1 aromatic heterocycles. The van der Waals surface area contributed by atoms with E-state index in [-0.39, 0.29) is 11.8 Å². The van der Waals surface area contributed by atoms with Crippen LogP contribution >= 0.6 is 0 Å². The largest absolute Gasteiger partial charge is 0.460 e. The van der Waals surface area contributed by atoms with E-state index >= 15 is 0 Å². The van der Waals surface area contributed by atoms with Gasteiger partial charge in [-0.2, -0.15) is 0 Å². The van der Waals surface area contributed by atoms with E-state index in [9.17, 15) is 0 Å². The van der Waals surface area contributed by atoms with Crippen LogP contribution in [0.1, 0.15) is 73.5 Å². The van der Waals surface area contributed by atoms with E-state index in [1.54, 1.807) is 0 Å². The first kappa shape index (κ1) is 34.4. The van der Waals surface area contributed by atoms with Crippen molar-refractivity contribution in [3.8, 4) is 50.8 Å². The molecular weight excluding hydrogens is 671 g/mol. The predicted octanol–water partition coefficient (Wildman–Crippen LogP) is 13.1. The second-order valence-corrected chi connectivity index (χ2v) is 14.2. The fraction of sp³-hybridized carbons (Fsp3) is 0.157. The van der Waals surface area contributed by atoms with Gasteiger partial charge in [0.25, 0.3) is 0 Å². The Kier molecular flexibility index (Phi) is 9.03. The molecule has 6 aromatic carbocycles. The average molecular weight is 714 g/mol. The number of hydrogen-bond acceptors (Lipinski definition) is 4. The Morgan fingerprint density at radius 1 is 0.491 bits per heavy atom. The SMILES string of the molecule is CC.CCCC1=C(c2ccccc2C)C(c2nc(-c3ccccc3)nc(-c3ccc(-c4ccccc4)cc3)n2)=C2Oc3cccc4c3C2C1c1ccccc1-4. The average Bonchev–Trinajstić information content (AvgIpc) is 3.64. The van der Waals surface area contributed by atoms with Gasteiger partial charge in [0.15, 0.2) is 17.5 Å². The molecule has 3 aliphatic rings. The molecule has 0 N–H and O–H groups in total. The lowest BCUT2D eigenvalue weighted by atomic mass is 9.62. The van der Waals surface area contributed by atoms with E-state index in [0.717, 1.165) is 46.6 Å². The van der Waals surface area contributed by atoms with Crippen molar-refractivity contribution < 1.29 is 4.74 Å². The van der Waals surface area contributed by atoms with Gasteiger partial charge < -0.3 is 4.74 Å². The standard InChI is InChI=1S/C49H37N3O.C2H6/c1-3-15-39-41(35-21-11-10-16-30(35)2)45(46-44-42(39)37-23-13-12-22-36(37)38-24-14-25-40(53-46)43(38)44)49-51-47(33-19-8-5-9-20-33)50-48(52-49)34-28-26-32(27-29-34)31-17-6-4-7-18-31;1-2/h4-14,16-29,42,44H,3,15H2,1-2H3;1-2H3. The molecule has 0 fully saturated rings. The van der Waals surface area contributed by atoms with Gasteiger partial charge in [-0.05, 0) is 63.9 Å². The maximum atomic E-state index is 7.12. The number of aryl methyl sites for hydroxylation is 1. The van der Waals surface area contributed by atoms with E-state index < -0.39 is 0 Å². The lowest BCUT2D eigenvalue weighted by molar-refractivity contribution is 0.415. The van der Waals surface area contributed by atoms with Crippen LogP contribution in [0.4, 0.5) is 0 Å². The van der Waals surface area contributed by atoms with E-state index in [1.807, 2.05) is 38.1 Å². The summed E-state index contributed by atoms with van der Waals surface area (Å²) < 4.78 is 7.12. The molecule has 2 unspecified atom stereocenters. The van der Waals surface area contributed by atoms with Gasteiger partial charge in [-0.25, -0.2) is 15.0 Å². The van der Waals surface area contributed by atoms with Gasteiger partial charge in [-0.3, -0.25) is 0 Å². The first-order valence-corrected chi connectivity index (χ1v) is 19.6. The molecule has 2 heterocycles. The maximum Gasteiger partial charge on any atom is 0.168 e. The van der Waals surface area contributed by atoms with Crippen LogP contribution in [0.25, 0.3) is 56.2 Å². The number of hydrogen-bond donors (Lipinski definition) is 0. The monoisotopic (exact) mass is 713 g/mol. The van der Waals surface area contributed by atoms with E-state index in [2.05, 4.69) is 141 Å². The molecule has 268 valence electrons. The van der Waals surface area contributed by atoms with Crippen molar-refractivity contribution in [3.63, 3.8) is 0 Å². The molecule has 0 bridgehead atoms. The number of fused-ring (bicyclic) bond motifs is 3. The number of benzene rings is 6. The minimum atomic E-state index is 0.0194. The lowest BCUT2D eigenvalue weighted by Gasteiger charge is -2.39. The fourth-order valence-electron chi connectivity index (χ4n) is 8.76. The maximum absolute atomic E-state index is 7.12. The summed E-state index contributed by atoms with van der Waals surface area (Å²) >= 11 is 0. The number of rotatable bonds is 7. The van der Waals surface area contributed by atoms with Crippen molar-refractivity contribution in [2.45, 2.75) is 52.4 Å². The molecule has 10 rings (SSSR count). The normalized spacial score (nSPS) is 16.1.